The third-order valence-electron chi connectivity index (χ3n) is 4.12. The van der Waals surface area contributed by atoms with Crippen LogP contribution in [-0.2, 0) is 0 Å². The van der Waals surface area contributed by atoms with Gasteiger partial charge in [0, 0.05) is 22.7 Å². The Balaban J connectivity index is 1.84. The van der Waals surface area contributed by atoms with Crippen molar-refractivity contribution in [2.24, 2.45) is 0 Å². The van der Waals surface area contributed by atoms with Crippen molar-refractivity contribution in [3.63, 3.8) is 0 Å². The monoisotopic (exact) mass is 286 g/mol. The van der Waals surface area contributed by atoms with E-state index in [9.17, 15) is 0 Å². The highest BCUT2D eigenvalue weighted by molar-refractivity contribution is 5.64. The SMILES string of the molecule is Cc1ccc(-c2cc(C3CC3)nc(-c3ccccc3)n2)cc1. The number of aryl methyl sites for hydroxylation is 1. The average molecular weight is 286 g/mol. The van der Waals surface area contributed by atoms with Crippen LogP contribution in [0.15, 0.2) is 60.7 Å². The predicted octanol–water partition coefficient (Wildman–Crippen LogP) is 5.00. The zero-order valence-electron chi connectivity index (χ0n) is 12.7. The molecule has 2 heteroatoms. The van der Waals surface area contributed by atoms with Gasteiger partial charge in [-0.2, -0.15) is 0 Å². The highest BCUT2D eigenvalue weighted by Crippen LogP contribution is 2.40. The number of benzene rings is 2. The Hall–Kier alpha value is -2.48. The molecule has 1 fully saturated rings. The second-order valence-electron chi connectivity index (χ2n) is 6.01. The van der Waals surface area contributed by atoms with Crippen molar-refractivity contribution in [1.29, 1.82) is 0 Å². The molecule has 0 atom stereocenters. The minimum atomic E-state index is 0.620. The molecule has 0 amide bonds. The predicted molar refractivity (Wildman–Crippen MR) is 89.6 cm³/mol. The minimum Gasteiger partial charge on any atom is -0.233 e. The van der Waals surface area contributed by atoms with Gasteiger partial charge in [-0.1, -0.05) is 60.2 Å². The molecule has 0 bridgehead atoms. The van der Waals surface area contributed by atoms with Crippen LogP contribution in [-0.4, -0.2) is 9.97 Å². The molecule has 1 aliphatic rings. The Kier molecular flexibility index (Phi) is 3.23. The molecule has 0 aliphatic heterocycles. The first-order valence-electron chi connectivity index (χ1n) is 7.81. The maximum atomic E-state index is 4.80. The highest BCUT2D eigenvalue weighted by atomic mass is 14.9. The summed E-state index contributed by atoms with van der Waals surface area (Å²) >= 11 is 0. The molecule has 0 saturated heterocycles. The van der Waals surface area contributed by atoms with Crippen molar-refractivity contribution >= 4 is 0 Å². The van der Waals surface area contributed by atoms with Gasteiger partial charge in [0.1, 0.15) is 0 Å². The van der Waals surface area contributed by atoms with Crippen molar-refractivity contribution in [2.75, 3.05) is 0 Å². The zero-order chi connectivity index (χ0) is 14.9. The van der Waals surface area contributed by atoms with Crippen LogP contribution < -0.4 is 0 Å². The van der Waals surface area contributed by atoms with Crippen LogP contribution in [0.1, 0.15) is 30.0 Å². The van der Waals surface area contributed by atoms with E-state index in [2.05, 4.69) is 49.4 Å². The third-order valence-corrected chi connectivity index (χ3v) is 4.12. The molecule has 22 heavy (non-hydrogen) atoms. The Bertz CT molecular complexity index is 788. The molecule has 0 N–H and O–H groups in total. The van der Waals surface area contributed by atoms with E-state index in [0.29, 0.717) is 5.92 Å². The Morgan fingerprint density at radius 3 is 2.23 bits per heavy atom. The maximum absolute atomic E-state index is 4.80. The maximum Gasteiger partial charge on any atom is 0.160 e. The Labute approximate surface area is 130 Å². The van der Waals surface area contributed by atoms with Crippen molar-refractivity contribution in [1.82, 2.24) is 9.97 Å². The van der Waals surface area contributed by atoms with Gasteiger partial charge in [0.2, 0.25) is 0 Å². The minimum absolute atomic E-state index is 0.620. The zero-order valence-corrected chi connectivity index (χ0v) is 12.7. The topological polar surface area (TPSA) is 25.8 Å². The summed E-state index contributed by atoms with van der Waals surface area (Å²) in [6, 6.07) is 21.0. The lowest BCUT2D eigenvalue weighted by Gasteiger charge is -2.08. The molecule has 0 spiro atoms. The van der Waals surface area contributed by atoms with Gasteiger partial charge >= 0.3 is 0 Å². The van der Waals surface area contributed by atoms with Gasteiger partial charge < -0.3 is 0 Å². The average Bonchev–Trinajstić information content (AvgIpc) is 3.41. The summed E-state index contributed by atoms with van der Waals surface area (Å²) < 4.78 is 0. The summed E-state index contributed by atoms with van der Waals surface area (Å²) in [4.78, 5) is 9.60. The lowest BCUT2D eigenvalue weighted by atomic mass is 10.1. The van der Waals surface area contributed by atoms with E-state index in [4.69, 9.17) is 9.97 Å². The molecule has 1 aliphatic carbocycles. The number of aromatic nitrogens is 2. The molecule has 108 valence electrons. The van der Waals surface area contributed by atoms with Gasteiger partial charge in [0.15, 0.2) is 5.82 Å². The summed E-state index contributed by atoms with van der Waals surface area (Å²) in [5, 5.41) is 0. The lowest BCUT2D eigenvalue weighted by Crippen LogP contribution is -1.97. The van der Waals surface area contributed by atoms with Gasteiger partial charge in [-0.15, -0.1) is 0 Å². The van der Waals surface area contributed by atoms with Crippen molar-refractivity contribution in [2.45, 2.75) is 25.7 Å². The number of nitrogens with zero attached hydrogens (tertiary/aromatic N) is 2. The number of rotatable bonds is 3. The Morgan fingerprint density at radius 2 is 1.55 bits per heavy atom. The van der Waals surface area contributed by atoms with Crippen LogP contribution in [0, 0.1) is 6.92 Å². The molecular formula is C20H18N2. The van der Waals surface area contributed by atoms with Crippen molar-refractivity contribution in [3.8, 4) is 22.6 Å². The highest BCUT2D eigenvalue weighted by Gasteiger charge is 2.26. The third kappa shape index (κ3) is 2.64. The second-order valence-corrected chi connectivity index (χ2v) is 6.01. The van der Waals surface area contributed by atoms with Crippen LogP contribution in [0.25, 0.3) is 22.6 Å². The summed E-state index contributed by atoms with van der Waals surface area (Å²) in [6.45, 7) is 2.11. The molecule has 1 saturated carbocycles. The normalized spacial score (nSPS) is 14.0. The molecule has 2 aromatic carbocycles. The summed E-state index contributed by atoms with van der Waals surface area (Å²) in [6.07, 6.45) is 2.50. The van der Waals surface area contributed by atoms with E-state index < -0.39 is 0 Å². The fourth-order valence-corrected chi connectivity index (χ4v) is 2.64. The van der Waals surface area contributed by atoms with E-state index >= 15 is 0 Å². The number of hydrogen-bond donors (Lipinski definition) is 0. The standard InChI is InChI=1S/C20H18N2/c1-14-7-9-15(10-8-14)18-13-19(16-11-12-16)22-20(21-18)17-5-3-2-4-6-17/h2-10,13,16H,11-12H2,1H3. The fourth-order valence-electron chi connectivity index (χ4n) is 2.64. The van der Waals surface area contributed by atoms with E-state index in [1.165, 1.54) is 24.1 Å². The van der Waals surface area contributed by atoms with Crippen LogP contribution in [0.5, 0.6) is 0 Å². The van der Waals surface area contributed by atoms with Gasteiger partial charge in [-0.3, -0.25) is 0 Å². The molecule has 0 radical (unpaired) electrons. The molecule has 0 unspecified atom stereocenters. The van der Waals surface area contributed by atoms with E-state index in [-0.39, 0.29) is 0 Å². The van der Waals surface area contributed by atoms with Crippen LogP contribution in [0.4, 0.5) is 0 Å². The van der Waals surface area contributed by atoms with Gasteiger partial charge in [0.05, 0.1) is 5.69 Å². The van der Waals surface area contributed by atoms with Crippen molar-refractivity contribution < 1.29 is 0 Å². The molecule has 1 heterocycles. The molecule has 2 nitrogen and oxygen atoms in total. The largest absolute Gasteiger partial charge is 0.233 e. The molecular weight excluding hydrogens is 268 g/mol. The summed E-state index contributed by atoms with van der Waals surface area (Å²) in [7, 11) is 0. The lowest BCUT2D eigenvalue weighted by molar-refractivity contribution is 0.997. The van der Waals surface area contributed by atoms with Crippen LogP contribution in [0.3, 0.4) is 0 Å². The first-order chi connectivity index (χ1) is 10.8. The number of hydrogen-bond acceptors (Lipinski definition) is 2. The summed E-state index contributed by atoms with van der Waals surface area (Å²) in [5.74, 6) is 1.45. The fraction of sp³-hybridized carbons (Fsp3) is 0.200. The van der Waals surface area contributed by atoms with Gasteiger partial charge in [-0.05, 0) is 25.8 Å². The quantitative estimate of drug-likeness (QED) is 0.677. The van der Waals surface area contributed by atoms with Crippen LogP contribution in [0.2, 0.25) is 0 Å². The first-order valence-corrected chi connectivity index (χ1v) is 7.81. The first kappa shape index (κ1) is 13.2. The molecule has 3 aromatic rings. The van der Waals surface area contributed by atoms with E-state index in [1.807, 2.05) is 18.2 Å². The summed E-state index contributed by atoms with van der Waals surface area (Å²) in [5.41, 5.74) is 5.72. The smallest absolute Gasteiger partial charge is 0.160 e. The van der Waals surface area contributed by atoms with E-state index in [0.717, 1.165) is 22.6 Å². The van der Waals surface area contributed by atoms with E-state index in [1.54, 1.807) is 0 Å². The van der Waals surface area contributed by atoms with Gasteiger partial charge in [-0.25, -0.2) is 9.97 Å². The molecule has 4 rings (SSSR count). The van der Waals surface area contributed by atoms with Crippen molar-refractivity contribution in [3.05, 3.63) is 71.9 Å². The second kappa shape index (κ2) is 5.38. The van der Waals surface area contributed by atoms with Crippen LogP contribution >= 0.6 is 0 Å². The molecule has 1 aromatic heterocycles. The Morgan fingerprint density at radius 1 is 0.818 bits per heavy atom. The van der Waals surface area contributed by atoms with Gasteiger partial charge in [0.25, 0.3) is 0 Å².